The molecule has 25 heavy (non-hydrogen) atoms. The van der Waals surface area contributed by atoms with E-state index in [2.05, 4.69) is 15.5 Å². The first-order valence-electron chi connectivity index (χ1n) is 7.83. The Balaban J connectivity index is 1.64. The average molecular weight is 341 g/mol. The second-order valence-corrected chi connectivity index (χ2v) is 5.48. The van der Waals surface area contributed by atoms with Crippen LogP contribution in [0.2, 0.25) is 0 Å². The number of hydrogen-bond acceptors (Lipinski definition) is 6. The first-order chi connectivity index (χ1) is 12.2. The summed E-state index contributed by atoms with van der Waals surface area (Å²) in [6, 6.07) is 9.13. The van der Waals surface area contributed by atoms with Crippen molar-refractivity contribution in [3.05, 3.63) is 53.9 Å². The number of ether oxygens (including phenoxy) is 2. The number of aromatic nitrogens is 1. The van der Waals surface area contributed by atoms with Crippen LogP contribution in [0.3, 0.4) is 0 Å². The first kappa shape index (κ1) is 16.8. The number of hydrogen-bond donors (Lipinski definition) is 1. The molecule has 0 unspecified atom stereocenters. The largest absolute Gasteiger partial charge is 0.497 e. The molecule has 1 aromatic carbocycles. The van der Waals surface area contributed by atoms with E-state index in [1.807, 2.05) is 18.2 Å². The van der Waals surface area contributed by atoms with E-state index < -0.39 is 6.10 Å². The van der Waals surface area contributed by atoms with Gasteiger partial charge in [0.15, 0.2) is 0 Å². The number of carbonyl (C=O) groups excluding carboxylic acids is 1. The third-order valence-corrected chi connectivity index (χ3v) is 3.87. The predicted molar refractivity (Wildman–Crippen MR) is 91.7 cm³/mol. The zero-order valence-electron chi connectivity index (χ0n) is 14.1. The standard InChI is InChI=1S/C18H19N3O4/c1-23-13-5-6-16(24-2)14(8-13)15-9-17(25-21-15)18(22)20-11-12-4-3-7-19-10-12/h3-8,10,17H,9,11H2,1-2H3,(H,20,22)/t17-/m0/s1. The fourth-order valence-electron chi connectivity index (χ4n) is 2.52. The molecular weight excluding hydrogens is 322 g/mol. The van der Waals surface area contributed by atoms with Crippen LogP contribution < -0.4 is 14.8 Å². The van der Waals surface area contributed by atoms with Crippen molar-refractivity contribution in [2.75, 3.05) is 14.2 Å². The second-order valence-electron chi connectivity index (χ2n) is 5.48. The molecule has 0 fully saturated rings. The highest BCUT2D eigenvalue weighted by Crippen LogP contribution is 2.28. The number of carbonyl (C=O) groups is 1. The number of amides is 1. The summed E-state index contributed by atoms with van der Waals surface area (Å²) in [6.07, 6.45) is 3.09. The van der Waals surface area contributed by atoms with Gasteiger partial charge in [-0.25, -0.2) is 0 Å². The van der Waals surface area contributed by atoms with Gasteiger partial charge in [0, 0.05) is 30.9 Å². The molecule has 2 aromatic rings. The van der Waals surface area contributed by atoms with Crippen LogP contribution in [0.5, 0.6) is 11.5 Å². The highest BCUT2D eigenvalue weighted by atomic mass is 16.6. The number of benzene rings is 1. The van der Waals surface area contributed by atoms with Gasteiger partial charge in [0.1, 0.15) is 11.5 Å². The predicted octanol–water partition coefficient (Wildman–Crippen LogP) is 1.91. The van der Waals surface area contributed by atoms with Crippen LogP contribution in [0.4, 0.5) is 0 Å². The number of methoxy groups -OCH3 is 2. The molecule has 0 radical (unpaired) electrons. The summed E-state index contributed by atoms with van der Waals surface area (Å²) in [4.78, 5) is 21.6. The summed E-state index contributed by atoms with van der Waals surface area (Å²) in [5.41, 5.74) is 2.33. The normalized spacial score (nSPS) is 15.9. The number of rotatable bonds is 6. The van der Waals surface area contributed by atoms with E-state index in [1.165, 1.54) is 0 Å². The molecule has 0 saturated carbocycles. The van der Waals surface area contributed by atoms with E-state index >= 15 is 0 Å². The molecule has 1 N–H and O–H groups in total. The molecule has 1 aliphatic heterocycles. The molecule has 1 atom stereocenters. The average Bonchev–Trinajstić information content (AvgIpc) is 3.16. The lowest BCUT2D eigenvalue weighted by Gasteiger charge is -2.11. The van der Waals surface area contributed by atoms with Crippen molar-refractivity contribution in [2.45, 2.75) is 19.1 Å². The van der Waals surface area contributed by atoms with Crippen LogP contribution in [-0.2, 0) is 16.2 Å². The monoisotopic (exact) mass is 341 g/mol. The maximum atomic E-state index is 12.3. The van der Waals surface area contributed by atoms with E-state index in [4.69, 9.17) is 14.3 Å². The van der Waals surface area contributed by atoms with Gasteiger partial charge in [-0.2, -0.15) is 0 Å². The lowest BCUT2D eigenvalue weighted by atomic mass is 10.0. The van der Waals surface area contributed by atoms with Crippen LogP contribution >= 0.6 is 0 Å². The van der Waals surface area contributed by atoms with E-state index in [0.717, 1.165) is 11.1 Å². The zero-order valence-corrected chi connectivity index (χ0v) is 14.1. The summed E-state index contributed by atoms with van der Waals surface area (Å²) in [6.45, 7) is 0.393. The summed E-state index contributed by atoms with van der Waals surface area (Å²) in [7, 11) is 3.17. The number of pyridine rings is 1. The van der Waals surface area contributed by atoms with Gasteiger partial charge in [0.05, 0.1) is 19.9 Å². The molecule has 7 heteroatoms. The molecule has 1 aliphatic rings. The molecule has 2 heterocycles. The van der Waals surface area contributed by atoms with Gasteiger partial charge >= 0.3 is 0 Å². The fraction of sp³-hybridized carbons (Fsp3) is 0.278. The molecule has 7 nitrogen and oxygen atoms in total. The van der Waals surface area contributed by atoms with Gasteiger partial charge in [-0.05, 0) is 29.8 Å². The van der Waals surface area contributed by atoms with Gasteiger partial charge in [0.2, 0.25) is 6.10 Å². The highest BCUT2D eigenvalue weighted by molar-refractivity contribution is 6.06. The molecule has 3 rings (SSSR count). The third kappa shape index (κ3) is 3.88. The topological polar surface area (TPSA) is 82.0 Å². The molecule has 1 amide bonds. The van der Waals surface area contributed by atoms with Crippen LogP contribution in [-0.4, -0.2) is 36.9 Å². The lowest BCUT2D eigenvalue weighted by Crippen LogP contribution is -2.34. The SMILES string of the molecule is COc1ccc(OC)c(C2=NO[C@H](C(=O)NCc3cccnc3)C2)c1. The molecule has 0 bridgehead atoms. The smallest absolute Gasteiger partial charge is 0.264 e. The van der Waals surface area contributed by atoms with Crippen molar-refractivity contribution < 1.29 is 19.1 Å². The Morgan fingerprint density at radius 1 is 1.32 bits per heavy atom. The fourth-order valence-corrected chi connectivity index (χ4v) is 2.52. The Hall–Kier alpha value is -3.09. The van der Waals surface area contributed by atoms with Crippen LogP contribution in [0.25, 0.3) is 0 Å². The van der Waals surface area contributed by atoms with Crippen LogP contribution in [0.15, 0.2) is 47.9 Å². The molecule has 1 aromatic heterocycles. The third-order valence-electron chi connectivity index (χ3n) is 3.87. The molecule has 0 saturated heterocycles. The zero-order chi connectivity index (χ0) is 17.6. The lowest BCUT2D eigenvalue weighted by molar-refractivity contribution is -0.131. The quantitative estimate of drug-likeness (QED) is 0.868. The molecule has 0 spiro atoms. The van der Waals surface area contributed by atoms with Gasteiger partial charge in [-0.3, -0.25) is 9.78 Å². The van der Waals surface area contributed by atoms with Crippen molar-refractivity contribution in [1.82, 2.24) is 10.3 Å². The maximum Gasteiger partial charge on any atom is 0.264 e. The van der Waals surface area contributed by atoms with Gasteiger partial charge in [-0.1, -0.05) is 11.2 Å². The van der Waals surface area contributed by atoms with Crippen LogP contribution in [0.1, 0.15) is 17.5 Å². The minimum absolute atomic E-state index is 0.218. The summed E-state index contributed by atoms with van der Waals surface area (Å²) in [5.74, 6) is 1.12. The summed E-state index contributed by atoms with van der Waals surface area (Å²) < 4.78 is 10.6. The van der Waals surface area contributed by atoms with Crippen molar-refractivity contribution in [1.29, 1.82) is 0 Å². The highest BCUT2D eigenvalue weighted by Gasteiger charge is 2.30. The Labute approximate surface area is 145 Å². The van der Waals surface area contributed by atoms with E-state index in [0.29, 0.717) is 30.2 Å². The van der Waals surface area contributed by atoms with Crippen molar-refractivity contribution in [3.8, 4) is 11.5 Å². The second kappa shape index (κ2) is 7.65. The Morgan fingerprint density at radius 3 is 2.92 bits per heavy atom. The van der Waals surface area contributed by atoms with Crippen LogP contribution in [0, 0.1) is 0 Å². The molecule has 130 valence electrons. The number of oxime groups is 1. The Morgan fingerprint density at radius 2 is 2.20 bits per heavy atom. The van der Waals surface area contributed by atoms with E-state index in [-0.39, 0.29) is 5.91 Å². The van der Waals surface area contributed by atoms with Crippen molar-refractivity contribution in [2.24, 2.45) is 5.16 Å². The molecule has 0 aliphatic carbocycles. The van der Waals surface area contributed by atoms with E-state index in [9.17, 15) is 4.79 Å². The number of nitrogens with zero attached hydrogens (tertiary/aromatic N) is 2. The number of nitrogens with one attached hydrogen (secondary N) is 1. The Bertz CT molecular complexity index is 777. The minimum atomic E-state index is -0.664. The minimum Gasteiger partial charge on any atom is -0.497 e. The van der Waals surface area contributed by atoms with E-state index in [1.54, 1.807) is 38.7 Å². The first-order valence-corrected chi connectivity index (χ1v) is 7.83. The Kier molecular flexibility index (Phi) is 5.13. The van der Waals surface area contributed by atoms with Crippen molar-refractivity contribution >= 4 is 11.6 Å². The van der Waals surface area contributed by atoms with Gasteiger partial charge < -0.3 is 19.6 Å². The summed E-state index contributed by atoms with van der Waals surface area (Å²) >= 11 is 0. The van der Waals surface area contributed by atoms with Gasteiger partial charge in [-0.15, -0.1) is 0 Å². The van der Waals surface area contributed by atoms with Gasteiger partial charge in [0.25, 0.3) is 5.91 Å². The maximum absolute atomic E-state index is 12.3. The summed E-state index contributed by atoms with van der Waals surface area (Å²) in [5, 5.41) is 6.89. The van der Waals surface area contributed by atoms with Crippen molar-refractivity contribution in [3.63, 3.8) is 0 Å². The molecular formula is C18H19N3O4.